The molecule has 1 saturated heterocycles. The highest BCUT2D eigenvalue weighted by atomic mass is 19.3. The summed E-state index contributed by atoms with van der Waals surface area (Å²) in [5.41, 5.74) is 0. The molecule has 1 aliphatic rings. The van der Waals surface area contributed by atoms with Crippen LogP contribution in [-0.4, -0.2) is 19.0 Å². The van der Waals surface area contributed by atoms with Gasteiger partial charge in [-0.05, 0) is 0 Å². The standard InChI is InChI=1S/C7H13F2N/c1-5-3-10-4-6(2)7(5,8)9/h5-6,10H,3-4H2,1-2H3/t5-,6-/m1/s1. The number of alkyl halides is 2. The van der Waals surface area contributed by atoms with Crippen molar-refractivity contribution in [3.8, 4) is 0 Å². The fourth-order valence-electron chi connectivity index (χ4n) is 1.27. The highest BCUT2D eigenvalue weighted by Gasteiger charge is 2.44. The number of hydrogen-bond donors (Lipinski definition) is 1. The summed E-state index contributed by atoms with van der Waals surface area (Å²) in [5, 5.41) is 2.96. The number of hydrogen-bond acceptors (Lipinski definition) is 1. The van der Waals surface area contributed by atoms with Crippen LogP contribution in [0.2, 0.25) is 0 Å². The molecule has 0 saturated carbocycles. The molecule has 0 aromatic rings. The van der Waals surface area contributed by atoms with Gasteiger partial charge < -0.3 is 5.32 Å². The molecule has 0 radical (unpaired) electrons. The van der Waals surface area contributed by atoms with E-state index in [2.05, 4.69) is 5.32 Å². The Bertz CT molecular complexity index is 113. The van der Waals surface area contributed by atoms with E-state index >= 15 is 0 Å². The molecule has 0 unspecified atom stereocenters. The molecule has 10 heavy (non-hydrogen) atoms. The Balaban J connectivity index is 2.63. The third-order valence-electron chi connectivity index (χ3n) is 2.22. The molecule has 1 nitrogen and oxygen atoms in total. The van der Waals surface area contributed by atoms with Gasteiger partial charge in [0.2, 0.25) is 0 Å². The van der Waals surface area contributed by atoms with Crippen LogP contribution in [0, 0.1) is 11.8 Å². The van der Waals surface area contributed by atoms with Gasteiger partial charge in [0, 0.05) is 24.9 Å². The van der Waals surface area contributed by atoms with Gasteiger partial charge in [-0.25, -0.2) is 8.78 Å². The Morgan fingerprint density at radius 3 is 1.90 bits per heavy atom. The van der Waals surface area contributed by atoms with Crippen LogP contribution < -0.4 is 5.32 Å². The average molecular weight is 149 g/mol. The lowest BCUT2D eigenvalue weighted by Gasteiger charge is -2.34. The molecule has 0 aromatic carbocycles. The van der Waals surface area contributed by atoms with E-state index in [4.69, 9.17) is 0 Å². The molecule has 3 heteroatoms. The second-order valence-electron chi connectivity index (χ2n) is 3.13. The van der Waals surface area contributed by atoms with Gasteiger partial charge >= 0.3 is 0 Å². The predicted octanol–water partition coefficient (Wildman–Crippen LogP) is 1.50. The van der Waals surface area contributed by atoms with Crippen LogP contribution in [0.4, 0.5) is 8.78 Å². The molecule has 1 aliphatic heterocycles. The van der Waals surface area contributed by atoms with E-state index in [1.54, 1.807) is 13.8 Å². The van der Waals surface area contributed by atoms with Gasteiger partial charge in [-0.15, -0.1) is 0 Å². The average Bonchev–Trinajstić information content (AvgIpc) is 1.84. The summed E-state index contributed by atoms with van der Waals surface area (Å²) in [7, 11) is 0. The fourth-order valence-corrected chi connectivity index (χ4v) is 1.27. The first kappa shape index (κ1) is 7.92. The SMILES string of the molecule is C[C@@H]1CNC[C@@H](C)C1(F)F. The van der Waals surface area contributed by atoms with Crippen LogP contribution in [0.15, 0.2) is 0 Å². The van der Waals surface area contributed by atoms with E-state index in [1.165, 1.54) is 0 Å². The van der Waals surface area contributed by atoms with Crippen molar-refractivity contribution < 1.29 is 8.78 Å². The zero-order chi connectivity index (χ0) is 7.78. The summed E-state index contributed by atoms with van der Waals surface area (Å²) >= 11 is 0. The van der Waals surface area contributed by atoms with Crippen LogP contribution in [0.5, 0.6) is 0 Å². The van der Waals surface area contributed by atoms with Crippen molar-refractivity contribution in [2.24, 2.45) is 11.8 Å². The van der Waals surface area contributed by atoms with Crippen molar-refractivity contribution in [2.45, 2.75) is 19.8 Å². The third kappa shape index (κ3) is 1.15. The molecule has 0 aromatic heterocycles. The molecule has 0 bridgehead atoms. The summed E-state index contributed by atoms with van der Waals surface area (Å²) in [6.45, 7) is 4.06. The Labute approximate surface area is 59.8 Å². The van der Waals surface area contributed by atoms with Crippen LogP contribution in [-0.2, 0) is 0 Å². The molecule has 0 spiro atoms. The maximum absolute atomic E-state index is 13.0. The summed E-state index contributed by atoms with van der Waals surface area (Å²) in [4.78, 5) is 0. The Morgan fingerprint density at radius 1 is 1.20 bits per heavy atom. The van der Waals surface area contributed by atoms with Gasteiger partial charge in [-0.3, -0.25) is 0 Å². The smallest absolute Gasteiger partial charge is 0.255 e. The van der Waals surface area contributed by atoms with Gasteiger partial charge in [0.15, 0.2) is 0 Å². The summed E-state index contributed by atoms with van der Waals surface area (Å²) in [6, 6.07) is 0. The van der Waals surface area contributed by atoms with Crippen molar-refractivity contribution in [1.82, 2.24) is 5.32 Å². The summed E-state index contributed by atoms with van der Waals surface area (Å²) < 4.78 is 25.9. The first-order chi connectivity index (χ1) is 4.55. The van der Waals surface area contributed by atoms with Crippen LogP contribution in [0.1, 0.15) is 13.8 Å². The number of nitrogens with one attached hydrogen (secondary N) is 1. The largest absolute Gasteiger partial charge is 0.316 e. The summed E-state index contributed by atoms with van der Waals surface area (Å²) in [6.07, 6.45) is 0. The molecule has 0 aliphatic carbocycles. The predicted molar refractivity (Wildman–Crippen MR) is 36.1 cm³/mol. The van der Waals surface area contributed by atoms with Gasteiger partial charge in [0.25, 0.3) is 5.92 Å². The van der Waals surface area contributed by atoms with E-state index < -0.39 is 17.8 Å². The quantitative estimate of drug-likeness (QED) is 0.550. The maximum atomic E-state index is 13.0. The Hall–Kier alpha value is -0.180. The first-order valence-corrected chi connectivity index (χ1v) is 3.63. The fraction of sp³-hybridized carbons (Fsp3) is 1.00. The van der Waals surface area contributed by atoms with Crippen molar-refractivity contribution in [1.29, 1.82) is 0 Å². The zero-order valence-corrected chi connectivity index (χ0v) is 6.32. The van der Waals surface area contributed by atoms with E-state index in [1.807, 2.05) is 0 Å². The lowest BCUT2D eigenvalue weighted by molar-refractivity contribution is -0.111. The van der Waals surface area contributed by atoms with Crippen molar-refractivity contribution in [3.63, 3.8) is 0 Å². The highest BCUT2D eigenvalue weighted by molar-refractivity contribution is 4.86. The van der Waals surface area contributed by atoms with Gasteiger partial charge in [0.1, 0.15) is 0 Å². The second kappa shape index (κ2) is 2.46. The molecular weight excluding hydrogens is 136 g/mol. The van der Waals surface area contributed by atoms with E-state index in [0.717, 1.165) is 0 Å². The Kier molecular flexibility index (Phi) is 1.95. The highest BCUT2D eigenvalue weighted by Crippen LogP contribution is 2.34. The molecular formula is C7H13F2N. The molecule has 1 heterocycles. The van der Waals surface area contributed by atoms with Crippen LogP contribution >= 0.6 is 0 Å². The number of piperidine rings is 1. The second-order valence-corrected chi connectivity index (χ2v) is 3.13. The molecule has 60 valence electrons. The Morgan fingerprint density at radius 2 is 1.60 bits per heavy atom. The normalized spacial score (nSPS) is 39.6. The first-order valence-electron chi connectivity index (χ1n) is 3.63. The number of rotatable bonds is 0. The van der Waals surface area contributed by atoms with Crippen LogP contribution in [0.3, 0.4) is 0 Å². The monoisotopic (exact) mass is 149 g/mol. The van der Waals surface area contributed by atoms with Gasteiger partial charge in [-0.1, -0.05) is 13.8 Å². The molecule has 1 N–H and O–H groups in total. The third-order valence-corrected chi connectivity index (χ3v) is 2.22. The van der Waals surface area contributed by atoms with Crippen molar-refractivity contribution >= 4 is 0 Å². The van der Waals surface area contributed by atoms with Gasteiger partial charge in [-0.2, -0.15) is 0 Å². The molecule has 1 rings (SSSR count). The van der Waals surface area contributed by atoms with E-state index in [0.29, 0.717) is 13.1 Å². The lowest BCUT2D eigenvalue weighted by atomic mass is 9.89. The lowest BCUT2D eigenvalue weighted by Crippen LogP contribution is -2.49. The number of halogens is 2. The molecule has 2 atom stereocenters. The molecule has 0 amide bonds. The zero-order valence-electron chi connectivity index (χ0n) is 6.32. The minimum atomic E-state index is -2.47. The topological polar surface area (TPSA) is 12.0 Å². The summed E-state index contributed by atoms with van der Waals surface area (Å²) in [5.74, 6) is -3.50. The van der Waals surface area contributed by atoms with Crippen molar-refractivity contribution in [3.05, 3.63) is 0 Å². The van der Waals surface area contributed by atoms with E-state index in [-0.39, 0.29) is 0 Å². The van der Waals surface area contributed by atoms with Crippen molar-refractivity contribution in [2.75, 3.05) is 13.1 Å². The minimum Gasteiger partial charge on any atom is -0.316 e. The molecule has 1 fully saturated rings. The van der Waals surface area contributed by atoms with Crippen LogP contribution in [0.25, 0.3) is 0 Å². The minimum absolute atomic E-state index is 0.442. The van der Waals surface area contributed by atoms with E-state index in [9.17, 15) is 8.78 Å². The van der Waals surface area contributed by atoms with Gasteiger partial charge in [0.05, 0.1) is 0 Å². The maximum Gasteiger partial charge on any atom is 0.255 e.